The topological polar surface area (TPSA) is 89.9 Å². The summed E-state index contributed by atoms with van der Waals surface area (Å²) < 4.78 is 0. The van der Waals surface area contributed by atoms with Gasteiger partial charge in [-0.3, -0.25) is 9.97 Å². The number of nitrogens with two attached hydrogens (primary N) is 1. The zero-order chi connectivity index (χ0) is 20.7. The molecule has 4 heterocycles. The summed E-state index contributed by atoms with van der Waals surface area (Å²) in [7, 11) is 0. The van der Waals surface area contributed by atoms with Crippen LogP contribution in [0, 0.1) is 6.92 Å². The molecule has 0 spiro atoms. The van der Waals surface area contributed by atoms with Crippen molar-refractivity contribution in [2.45, 2.75) is 12.5 Å². The zero-order valence-corrected chi connectivity index (χ0v) is 16.9. The Bertz CT molecular complexity index is 1290. The monoisotopic (exact) mass is 412 g/mol. The molecule has 0 saturated carbocycles. The van der Waals surface area contributed by atoms with Crippen molar-refractivity contribution in [1.82, 2.24) is 19.9 Å². The summed E-state index contributed by atoms with van der Waals surface area (Å²) in [6, 6.07) is 14.0. The van der Waals surface area contributed by atoms with E-state index in [9.17, 15) is 0 Å². The van der Waals surface area contributed by atoms with Crippen molar-refractivity contribution >= 4 is 17.4 Å². The number of aliphatic imine (C=N–C) groups is 1. The second-order valence-electron chi connectivity index (χ2n) is 7.15. The van der Waals surface area contributed by atoms with Gasteiger partial charge in [0.15, 0.2) is 0 Å². The predicted molar refractivity (Wildman–Crippen MR) is 116 cm³/mol. The highest BCUT2D eigenvalue weighted by atomic mass is 35.5. The Kier molecular flexibility index (Phi) is 4.29. The van der Waals surface area contributed by atoms with E-state index in [2.05, 4.69) is 26.0 Å². The first kappa shape index (κ1) is 18.4. The molecule has 0 bridgehead atoms. The van der Waals surface area contributed by atoms with E-state index in [-0.39, 0.29) is 0 Å². The van der Waals surface area contributed by atoms with Crippen LogP contribution in [-0.2, 0) is 5.54 Å². The average Bonchev–Trinajstić information content (AvgIpc) is 3.07. The van der Waals surface area contributed by atoms with Gasteiger partial charge in [0.05, 0.1) is 5.02 Å². The van der Waals surface area contributed by atoms with Gasteiger partial charge in [-0.2, -0.15) is 0 Å². The first-order valence-electron chi connectivity index (χ1n) is 9.39. The van der Waals surface area contributed by atoms with Crippen molar-refractivity contribution in [2.75, 3.05) is 0 Å². The maximum atomic E-state index is 6.35. The van der Waals surface area contributed by atoms with Gasteiger partial charge in [-0.05, 0) is 47.9 Å². The molecule has 30 heavy (non-hydrogen) atoms. The van der Waals surface area contributed by atoms with Gasteiger partial charge in [0, 0.05) is 41.6 Å². The molecular weight excluding hydrogens is 396 g/mol. The molecule has 146 valence electrons. The van der Waals surface area contributed by atoms with Gasteiger partial charge in [0.25, 0.3) is 0 Å². The zero-order valence-electron chi connectivity index (χ0n) is 16.1. The summed E-state index contributed by atoms with van der Waals surface area (Å²) in [4.78, 5) is 22.1. The normalized spacial score (nSPS) is 17.5. The molecule has 1 atom stereocenters. The van der Waals surface area contributed by atoms with Crippen molar-refractivity contribution < 1.29 is 0 Å². The summed E-state index contributed by atoms with van der Waals surface area (Å²) in [5.41, 5.74) is 11.6. The minimum absolute atomic E-state index is 0.379. The van der Waals surface area contributed by atoms with Gasteiger partial charge in [-0.1, -0.05) is 29.8 Å². The van der Waals surface area contributed by atoms with Gasteiger partial charge >= 0.3 is 0 Å². The van der Waals surface area contributed by atoms with Crippen LogP contribution >= 0.6 is 11.6 Å². The van der Waals surface area contributed by atoms with Crippen molar-refractivity contribution in [2.24, 2.45) is 10.7 Å². The molecule has 5 rings (SSSR count). The lowest BCUT2D eigenvalue weighted by molar-refractivity contribution is 0.667. The number of benzene rings is 1. The van der Waals surface area contributed by atoms with Gasteiger partial charge in [-0.25, -0.2) is 15.0 Å². The maximum absolute atomic E-state index is 6.35. The molecule has 0 amide bonds. The Hall–Kier alpha value is -3.64. The Balaban J connectivity index is 1.82. The number of nitrogens with zero attached hydrogens (tertiary/aromatic N) is 5. The maximum Gasteiger partial charge on any atom is 0.146 e. The lowest BCUT2D eigenvalue weighted by atomic mass is 9.78. The fraction of sp³-hybridized carbons (Fsp3) is 0.0870. The highest BCUT2D eigenvalue weighted by molar-refractivity contribution is 6.30. The fourth-order valence-electron chi connectivity index (χ4n) is 3.96. The van der Waals surface area contributed by atoms with Crippen LogP contribution in [0.25, 0.3) is 11.1 Å². The Labute approximate surface area is 178 Å². The molecule has 1 aliphatic rings. The lowest BCUT2D eigenvalue weighted by Gasteiger charge is -2.29. The predicted octanol–water partition coefficient (Wildman–Crippen LogP) is 3.91. The van der Waals surface area contributed by atoms with Crippen molar-refractivity contribution in [3.8, 4) is 11.1 Å². The number of rotatable bonds is 3. The van der Waals surface area contributed by atoms with Crippen molar-refractivity contribution in [3.05, 3.63) is 107 Å². The van der Waals surface area contributed by atoms with Crippen molar-refractivity contribution in [3.63, 3.8) is 0 Å². The smallest absolute Gasteiger partial charge is 0.146 e. The number of aryl methyl sites for hydroxylation is 1. The number of hydrogen-bond donors (Lipinski definition) is 1. The van der Waals surface area contributed by atoms with E-state index < -0.39 is 5.54 Å². The molecule has 0 aliphatic carbocycles. The van der Waals surface area contributed by atoms with Crippen LogP contribution in [0.15, 0.2) is 78.6 Å². The number of fused-ring (bicyclic) bond motifs is 1. The van der Waals surface area contributed by atoms with Crippen LogP contribution in [0.1, 0.15) is 28.1 Å². The van der Waals surface area contributed by atoms with E-state index in [0.29, 0.717) is 16.6 Å². The Morgan fingerprint density at radius 2 is 1.70 bits per heavy atom. The lowest BCUT2D eigenvalue weighted by Crippen LogP contribution is -2.26. The van der Waals surface area contributed by atoms with Crippen LogP contribution in [0.3, 0.4) is 0 Å². The average molecular weight is 413 g/mol. The fourth-order valence-corrected chi connectivity index (χ4v) is 4.12. The van der Waals surface area contributed by atoms with Crippen molar-refractivity contribution in [1.29, 1.82) is 0 Å². The standard InChI is InChI=1S/C23H17ClN6/c1-14-7-18(5-6-28-14)23(20-9-19(24)12-29-21(20)22(25)30-23)17-4-2-3-15(8-17)16-10-26-13-27-11-16/h2-13H,1H3,(H2,25,30). The van der Waals surface area contributed by atoms with E-state index in [1.807, 2.05) is 43.3 Å². The van der Waals surface area contributed by atoms with Crippen LogP contribution in [0.4, 0.5) is 0 Å². The van der Waals surface area contributed by atoms with E-state index in [0.717, 1.165) is 33.5 Å². The van der Waals surface area contributed by atoms with E-state index in [1.54, 1.807) is 24.8 Å². The minimum atomic E-state index is -0.878. The molecule has 0 fully saturated rings. The summed E-state index contributed by atoms with van der Waals surface area (Å²) in [6.45, 7) is 1.95. The highest BCUT2D eigenvalue weighted by Crippen LogP contribution is 2.46. The molecule has 0 radical (unpaired) electrons. The molecule has 4 aromatic rings. The Morgan fingerprint density at radius 3 is 2.50 bits per heavy atom. The molecule has 0 saturated heterocycles. The third-order valence-electron chi connectivity index (χ3n) is 5.26. The molecule has 1 aliphatic heterocycles. The quantitative estimate of drug-likeness (QED) is 0.551. The van der Waals surface area contributed by atoms with Crippen LogP contribution < -0.4 is 5.73 Å². The highest BCUT2D eigenvalue weighted by Gasteiger charge is 2.44. The molecule has 3 aromatic heterocycles. The molecule has 2 N–H and O–H groups in total. The number of pyridine rings is 2. The largest absolute Gasteiger partial charge is 0.382 e. The summed E-state index contributed by atoms with van der Waals surface area (Å²) in [6.07, 6.45) is 8.46. The number of aromatic nitrogens is 4. The molecule has 1 aromatic carbocycles. The van der Waals surface area contributed by atoms with Gasteiger partial charge in [-0.15, -0.1) is 0 Å². The summed E-state index contributed by atoms with van der Waals surface area (Å²) >= 11 is 6.35. The first-order valence-corrected chi connectivity index (χ1v) is 9.76. The summed E-state index contributed by atoms with van der Waals surface area (Å²) in [5.74, 6) is 0.379. The second-order valence-corrected chi connectivity index (χ2v) is 7.59. The van der Waals surface area contributed by atoms with Gasteiger partial charge in [0.2, 0.25) is 0 Å². The first-order chi connectivity index (χ1) is 14.6. The van der Waals surface area contributed by atoms with Crippen LogP contribution in [0.2, 0.25) is 5.02 Å². The number of amidine groups is 1. The van der Waals surface area contributed by atoms with Gasteiger partial charge < -0.3 is 5.73 Å². The molecule has 6 nitrogen and oxygen atoms in total. The van der Waals surface area contributed by atoms with E-state index >= 15 is 0 Å². The third kappa shape index (κ3) is 2.84. The number of halogens is 1. The van der Waals surface area contributed by atoms with Crippen LogP contribution in [-0.4, -0.2) is 25.8 Å². The van der Waals surface area contributed by atoms with Crippen LogP contribution in [0.5, 0.6) is 0 Å². The molecule has 1 unspecified atom stereocenters. The SMILES string of the molecule is Cc1cc(C2(c3cccc(-c4cncnc4)c3)N=C(N)c3ncc(Cl)cc32)ccn1. The summed E-state index contributed by atoms with van der Waals surface area (Å²) in [5, 5.41) is 0.529. The Morgan fingerprint density at radius 1 is 0.900 bits per heavy atom. The van der Waals surface area contributed by atoms with Gasteiger partial charge in [0.1, 0.15) is 23.4 Å². The number of hydrogen-bond acceptors (Lipinski definition) is 6. The molecular formula is C23H17ClN6. The van der Waals surface area contributed by atoms with E-state index in [4.69, 9.17) is 22.3 Å². The van der Waals surface area contributed by atoms with E-state index in [1.165, 1.54) is 6.33 Å². The second kappa shape index (κ2) is 7.00. The third-order valence-corrected chi connectivity index (χ3v) is 5.47. The molecule has 7 heteroatoms. The minimum Gasteiger partial charge on any atom is -0.382 e.